The Balaban J connectivity index is 0. The zero-order valence-corrected chi connectivity index (χ0v) is 9.64. The Morgan fingerprint density at radius 1 is 1.08 bits per heavy atom. The molecule has 1 aromatic rings. The summed E-state index contributed by atoms with van der Waals surface area (Å²) in [5, 5.41) is 0. The number of hydrogen-bond acceptors (Lipinski definition) is 4. The van der Waals surface area contributed by atoms with Gasteiger partial charge >= 0.3 is 38.6 Å². The van der Waals surface area contributed by atoms with Crippen molar-refractivity contribution in [1.29, 1.82) is 0 Å². The van der Waals surface area contributed by atoms with Crippen LogP contribution in [0.2, 0.25) is 0 Å². The first-order valence-electron chi connectivity index (χ1n) is 2.99. The number of benzene rings is 1. The first kappa shape index (κ1) is 12.1. The summed E-state index contributed by atoms with van der Waals surface area (Å²) in [6, 6.07) is 8.11. The van der Waals surface area contributed by atoms with E-state index in [1.807, 2.05) is 0 Å². The van der Waals surface area contributed by atoms with E-state index in [1.54, 1.807) is 18.2 Å². The first-order valence-corrected chi connectivity index (χ1v) is 4.74. The van der Waals surface area contributed by atoms with Crippen molar-refractivity contribution in [2.45, 2.75) is 0 Å². The molecule has 0 atom stereocenters. The zero-order chi connectivity index (χ0) is 8.32. The average molecular weight is 196 g/mol. The van der Waals surface area contributed by atoms with E-state index in [-0.39, 0.29) is 36.7 Å². The monoisotopic (exact) mass is 196 g/mol. The Labute approximate surface area is 94.7 Å². The van der Waals surface area contributed by atoms with Crippen LogP contribution in [0, 0.1) is 0 Å². The third-order valence-corrected chi connectivity index (χ3v) is 1.51. The molecule has 6 heteroatoms. The quantitative estimate of drug-likeness (QED) is 0.431. The van der Waals surface area contributed by atoms with Gasteiger partial charge in [0.05, 0.1) is 0 Å². The van der Waals surface area contributed by atoms with Gasteiger partial charge < -0.3 is 20.2 Å². The van der Waals surface area contributed by atoms with Crippen LogP contribution in [0.25, 0.3) is 0 Å². The van der Waals surface area contributed by atoms with Crippen LogP contribution in [0.5, 0.6) is 5.75 Å². The molecule has 3 N–H and O–H groups in total. The Hall–Kier alpha value is 0.117. The molecular weight excluding hydrogens is 187 g/mol. The third-order valence-electron chi connectivity index (χ3n) is 0.998. The Morgan fingerprint density at radius 3 is 2.00 bits per heavy atom. The second-order valence-electron chi connectivity index (χ2n) is 1.99. The predicted octanol–water partition coefficient (Wildman–Crippen LogP) is -3.41. The molecule has 0 aliphatic rings. The van der Waals surface area contributed by atoms with E-state index in [1.165, 1.54) is 12.1 Å². The molecule has 0 bridgehead atoms. The fourth-order valence-electron chi connectivity index (χ4n) is 0.647. The van der Waals surface area contributed by atoms with Crippen LogP contribution in [0.15, 0.2) is 30.3 Å². The van der Waals surface area contributed by atoms with E-state index in [9.17, 15) is 0 Å². The summed E-state index contributed by atoms with van der Waals surface area (Å²) in [5.41, 5.74) is 0. The molecule has 1 rings (SSSR count). The summed E-state index contributed by atoms with van der Waals surface area (Å²) < 4.78 is 4.41. The van der Waals surface area contributed by atoms with Gasteiger partial charge in [0.25, 0.3) is 0 Å². The van der Waals surface area contributed by atoms with E-state index in [4.69, 9.17) is 14.4 Å². The normalized spacial score (nSPS) is 10.2. The SMILES string of the molecule is O[Si](O)(O)Oc1ccccc1.[H-].[Na+]. The van der Waals surface area contributed by atoms with Crippen molar-refractivity contribution in [3.63, 3.8) is 0 Å². The van der Waals surface area contributed by atoms with Crippen molar-refractivity contribution in [3.05, 3.63) is 30.3 Å². The van der Waals surface area contributed by atoms with Crippen molar-refractivity contribution in [1.82, 2.24) is 0 Å². The topological polar surface area (TPSA) is 69.9 Å². The van der Waals surface area contributed by atoms with Gasteiger partial charge in [-0.3, -0.25) is 0 Å². The molecule has 1 aromatic carbocycles. The minimum Gasteiger partial charge on any atom is -1.00 e. The van der Waals surface area contributed by atoms with Crippen molar-refractivity contribution in [3.8, 4) is 5.75 Å². The maximum absolute atomic E-state index is 8.50. The van der Waals surface area contributed by atoms with E-state index in [0.717, 1.165) is 0 Å². The van der Waals surface area contributed by atoms with Gasteiger partial charge in [-0.25, -0.2) is 0 Å². The second-order valence-corrected chi connectivity index (χ2v) is 3.34. The predicted molar refractivity (Wildman–Crippen MR) is 40.6 cm³/mol. The molecule has 0 radical (unpaired) electrons. The van der Waals surface area contributed by atoms with Crippen LogP contribution < -0.4 is 34.0 Å². The maximum Gasteiger partial charge on any atom is 1.00 e. The minimum atomic E-state index is -4.40. The van der Waals surface area contributed by atoms with Crippen LogP contribution in [0.1, 0.15) is 1.43 Å². The second kappa shape index (κ2) is 4.98. The smallest absolute Gasteiger partial charge is 1.00 e. The standard InChI is InChI=1S/C6H8O4Si.Na.H/c7-11(8,9)10-6-4-2-1-3-5-6;;/h1-5,7-9H;;/q;+1;-1. The summed E-state index contributed by atoms with van der Waals surface area (Å²) in [5.74, 6) is 0.242. The fourth-order valence-corrected chi connectivity index (χ4v) is 1.10. The molecule has 0 amide bonds. The van der Waals surface area contributed by atoms with E-state index in [2.05, 4.69) is 4.43 Å². The van der Waals surface area contributed by atoms with E-state index >= 15 is 0 Å². The Morgan fingerprint density at radius 2 is 1.58 bits per heavy atom. The van der Waals surface area contributed by atoms with Crippen molar-refractivity contribution >= 4 is 9.05 Å². The summed E-state index contributed by atoms with van der Waals surface area (Å²) in [4.78, 5) is 25.5. The van der Waals surface area contributed by atoms with Gasteiger partial charge in [-0.1, -0.05) is 18.2 Å². The fraction of sp³-hybridized carbons (Fsp3) is 0. The number of para-hydroxylation sites is 1. The van der Waals surface area contributed by atoms with Crippen molar-refractivity contribution in [2.24, 2.45) is 0 Å². The van der Waals surface area contributed by atoms with Gasteiger partial charge in [-0.15, -0.1) is 0 Å². The van der Waals surface area contributed by atoms with Gasteiger partial charge in [-0.05, 0) is 12.1 Å². The van der Waals surface area contributed by atoms with Crippen LogP contribution >= 0.6 is 0 Å². The van der Waals surface area contributed by atoms with E-state index < -0.39 is 9.05 Å². The molecule has 0 saturated heterocycles. The average Bonchev–Trinajstić information content (AvgIpc) is 1.85. The molecule has 0 aliphatic heterocycles. The summed E-state index contributed by atoms with van der Waals surface area (Å²) in [6.45, 7) is 0. The van der Waals surface area contributed by atoms with Gasteiger partial charge in [0.2, 0.25) is 0 Å². The molecule has 4 nitrogen and oxygen atoms in total. The Kier molecular flexibility index (Phi) is 5.03. The van der Waals surface area contributed by atoms with E-state index in [0.29, 0.717) is 0 Å². The largest absolute Gasteiger partial charge is 1.00 e. The zero-order valence-electron chi connectivity index (χ0n) is 7.64. The molecule has 0 spiro atoms. The van der Waals surface area contributed by atoms with Gasteiger partial charge in [0.1, 0.15) is 5.75 Å². The van der Waals surface area contributed by atoms with Crippen LogP contribution in [-0.4, -0.2) is 23.4 Å². The maximum atomic E-state index is 8.50. The molecule has 62 valence electrons. The van der Waals surface area contributed by atoms with Gasteiger partial charge in [0.15, 0.2) is 0 Å². The molecule has 0 heterocycles. The molecular formula is C6H9NaO4Si. The first-order chi connectivity index (χ1) is 5.08. The molecule has 0 aromatic heterocycles. The molecule has 0 aliphatic carbocycles. The minimum absolute atomic E-state index is 0. The third kappa shape index (κ3) is 4.89. The number of rotatable bonds is 2. The molecule has 0 saturated carbocycles. The molecule has 0 unspecified atom stereocenters. The van der Waals surface area contributed by atoms with Crippen LogP contribution in [0.4, 0.5) is 0 Å². The summed E-state index contributed by atoms with van der Waals surface area (Å²) in [7, 11) is -4.40. The molecule has 0 fully saturated rings. The summed E-state index contributed by atoms with van der Waals surface area (Å²) >= 11 is 0. The number of hydrogen-bond donors (Lipinski definition) is 3. The molecule has 12 heavy (non-hydrogen) atoms. The van der Waals surface area contributed by atoms with Crippen LogP contribution in [0.3, 0.4) is 0 Å². The van der Waals surface area contributed by atoms with Crippen molar-refractivity contribution < 1.29 is 49.8 Å². The Bertz CT molecular complexity index is 228. The summed E-state index contributed by atoms with van der Waals surface area (Å²) in [6.07, 6.45) is 0. The van der Waals surface area contributed by atoms with Crippen molar-refractivity contribution in [2.75, 3.05) is 0 Å². The van der Waals surface area contributed by atoms with Gasteiger partial charge in [-0.2, -0.15) is 0 Å². The van der Waals surface area contributed by atoms with Crippen LogP contribution in [-0.2, 0) is 0 Å². The van der Waals surface area contributed by atoms with Gasteiger partial charge in [0, 0.05) is 0 Å².